The van der Waals surface area contributed by atoms with E-state index in [9.17, 15) is 13.2 Å². The van der Waals surface area contributed by atoms with E-state index >= 15 is 0 Å². The largest absolute Gasteiger partial charge is 0.481 e. The first-order chi connectivity index (χ1) is 9.98. The maximum absolute atomic E-state index is 11.5. The smallest absolute Gasteiger partial charge is 0.304 e. The van der Waals surface area contributed by atoms with Crippen LogP contribution in [0.2, 0.25) is 0 Å². The third-order valence-corrected chi connectivity index (χ3v) is 4.30. The molecule has 0 unspecified atom stereocenters. The Bertz CT molecular complexity index is 390. The topological polar surface area (TPSA) is 83.5 Å². The lowest BCUT2D eigenvalue weighted by atomic mass is 10.1. The summed E-state index contributed by atoms with van der Waals surface area (Å²) in [6.45, 7) is 2.14. The Morgan fingerprint density at radius 3 is 2.19 bits per heavy atom. The van der Waals surface area contributed by atoms with Crippen LogP contribution in [0.3, 0.4) is 0 Å². The normalized spacial score (nSPS) is 12.0. The Hall–Kier alpha value is -0.880. The Kier molecular flexibility index (Phi) is 12.3. The van der Waals surface area contributed by atoms with Gasteiger partial charge in [0.15, 0.2) is 0 Å². The highest BCUT2D eigenvalue weighted by atomic mass is 32.2. The molecule has 0 aliphatic rings. The molecule has 0 aliphatic carbocycles. The second kappa shape index (κ2) is 12.8. The molecule has 0 aromatic rings. The van der Waals surface area contributed by atoms with Gasteiger partial charge in [0.05, 0.1) is 6.42 Å². The summed E-state index contributed by atoms with van der Waals surface area (Å²) in [4.78, 5) is 10.3. The molecule has 6 heteroatoms. The highest BCUT2D eigenvalue weighted by Crippen LogP contribution is 2.09. The minimum Gasteiger partial charge on any atom is -0.481 e. The number of nitrogens with one attached hydrogen (secondary N) is 1. The quantitative estimate of drug-likeness (QED) is 0.480. The van der Waals surface area contributed by atoms with E-state index in [2.05, 4.69) is 11.6 Å². The Morgan fingerprint density at radius 1 is 1.05 bits per heavy atom. The highest BCUT2D eigenvalue weighted by Gasteiger charge is 2.05. The number of sulfonamides is 1. The average molecular weight is 319 g/mol. The van der Waals surface area contributed by atoms with Crippen LogP contribution in [0.4, 0.5) is 0 Å². The zero-order valence-electron chi connectivity index (χ0n) is 13.0. The van der Waals surface area contributed by atoms with Gasteiger partial charge in [-0.3, -0.25) is 4.79 Å². The first-order valence-corrected chi connectivity index (χ1v) is 9.40. The average Bonchev–Trinajstić information content (AvgIpc) is 2.40. The summed E-state index contributed by atoms with van der Waals surface area (Å²) < 4.78 is 25.1. The second-order valence-corrected chi connectivity index (χ2v) is 6.87. The van der Waals surface area contributed by atoms with E-state index in [4.69, 9.17) is 5.11 Å². The number of carboxylic acid groups (broad SMARTS) is 1. The summed E-state index contributed by atoms with van der Waals surface area (Å²) in [5.41, 5.74) is 0. The van der Waals surface area contributed by atoms with E-state index in [0.29, 0.717) is 0 Å². The van der Waals surface area contributed by atoms with Crippen molar-refractivity contribution in [3.8, 4) is 0 Å². The zero-order valence-corrected chi connectivity index (χ0v) is 13.8. The SMILES string of the molecule is CCCCCCCCCC/C=C/S(=O)(=O)NCCC(=O)O. The zero-order chi connectivity index (χ0) is 16.0. The molecule has 0 saturated carbocycles. The van der Waals surface area contributed by atoms with Gasteiger partial charge >= 0.3 is 5.97 Å². The third kappa shape index (κ3) is 15.3. The predicted molar refractivity (Wildman–Crippen MR) is 85.5 cm³/mol. The second-order valence-electron chi connectivity index (χ2n) is 5.22. The summed E-state index contributed by atoms with van der Waals surface area (Å²) in [5.74, 6) is -1.01. The molecular formula is C15H29NO4S. The van der Waals surface area contributed by atoms with Gasteiger partial charge in [0.25, 0.3) is 0 Å². The van der Waals surface area contributed by atoms with Crippen LogP contribution in [-0.4, -0.2) is 26.0 Å². The van der Waals surface area contributed by atoms with Crippen molar-refractivity contribution in [2.75, 3.05) is 6.54 Å². The van der Waals surface area contributed by atoms with Gasteiger partial charge in [-0.1, -0.05) is 57.9 Å². The van der Waals surface area contributed by atoms with Crippen molar-refractivity contribution in [2.45, 2.75) is 71.1 Å². The van der Waals surface area contributed by atoms with Crippen molar-refractivity contribution >= 4 is 16.0 Å². The monoisotopic (exact) mass is 319 g/mol. The number of hydrogen-bond donors (Lipinski definition) is 2. The van der Waals surface area contributed by atoms with Crippen LogP contribution in [0.25, 0.3) is 0 Å². The van der Waals surface area contributed by atoms with Gasteiger partial charge in [0, 0.05) is 12.0 Å². The molecule has 0 rings (SSSR count). The molecule has 0 amide bonds. The van der Waals surface area contributed by atoms with Gasteiger partial charge in [-0.05, 0) is 12.8 Å². The van der Waals surface area contributed by atoms with E-state index in [1.54, 1.807) is 6.08 Å². The van der Waals surface area contributed by atoms with Crippen LogP contribution in [0, 0.1) is 0 Å². The fourth-order valence-corrected chi connectivity index (χ4v) is 2.81. The molecule has 0 spiro atoms. The number of aliphatic carboxylic acids is 1. The Morgan fingerprint density at radius 2 is 1.62 bits per heavy atom. The van der Waals surface area contributed by atoms with Gasteiger partial charge in [-0.15, -0.1) is 0 Å². The van der Waals surface area contributed by atoms with Crippen molar-refractivity contribution in [3.63, 3.8) is 0 Å². The lowest BCUT2D eigenvalue weighted by molar-refractivity contribution is -0.136. The maximum Gasteiger partial charge on any atom is 0.304 e. The molecule has 0 aromatic heterocycles. The fourth-order valence-electron chi connectivity index (χ4n) is 1.94. The van der Waals surface area contributed by atoms with E-state index in [1.165, 1.54) is 38.5 Å². The van der Waals surface area contributed by atoms with Crippen LogP contribution in [0.5, 0.6) is 0 Å². The molecule has 0 fully saturated rings. The van der Waals surface area contributed by atoms with E-state index in [0.717, 1.165) is 24.7 Å². The van der Waals surface area contributed by atoms with Gasteiger partial charge < -0.3 is 5.11 Å². The molecule has 5 nitrogen and oxygen atoms in total. The van der Waals surface area contributed by atoms with Crippen LogP contribution < -0.4 is 4.72 Å². The number of allylic oxidation sites excluding steroid dienone is 1. The number of carbonyl (C=O) groups is 1. The van der Waals surface area contributed by atoms with Gasteiger partial charge in [-0.25, -0.2) is 13.1 Å². The Labute approximate surface area is 128 Å². The molecule has 21 heavy (non-hydrogen) atoms. The van der Waals surface area contributed by atoms with Gasteiger partial charge in [0.2, 0.25) is 10.0 Å². The van der Waals surface area contributed by atoms with Crippen LogP contribution >= 0.6 is 0 Å². The van der Waals surface area contributed by atoms with Gasteiger partial charge in [0.1, 0.15) is 0 Å². The van der Waals surface area contributed by atoms with Crippen molar-refractivity contribution < 1.29 is 18.3 Å². The van der Waals surface area contributed by atoms with Gasteiger partial charge in [-0.2, -0.15) is 0 Å². The standard InChI is InChI=1S/C15H29NO4S/c1-2-3-4-5-6-7-8-9-10-11-14-21(19,20)16-13-12-15(17)18/h11,14,16H,2-10,12-13H2,1H3,(H,17,18)/b14-11+. The van der Waals surface area contributed by atoms with Crippen molar-refractivity contribution in [1.29, 1.82) is 0 Å². The fraction of sp³-hybridized carbons (Fsp3) is 0.800. The number of hydrogen-bond acceptors (Lipinski definition) is 3. The number of carboxylic acids is 1. The van der Waals surface area contributed by atoms with Crippen LogP contribution in [0.15, 0.2) is 11.5 Å². The number of rotatable bonds is 14. The number of unbranched alkanes of at least 4 members (excludes halogenated alkanes) is 8. The van der Waals surface area contributed by atoms with Crippen molar-refractivity contribution in [2.24, 2.45) is 0 Å². The molecular weight excluding hydrogens is 290 g/mol. The van der Waals surface area contributed by atoms with E-state index in [1.807, 2.05) is 0 Å². The molecule has 0 heterocycles. The first kappa shape index (κ1) is 20.1. The summed E-state index contributed by atoms with van der Waals surface area (Å²) >= 11 is 0. The maximum atomic E-state index is 11.5. The minimum atomic E-state index is -3.48. The molecule has 0 radical (unpaired) electrons. The molecule has 124 valence electrons. The summed E-state index contributed by atoms with van der Waals surface area (Å²) in [6, 6.07) is 0. The summed E-state index contributed by atoms with van der Waals surface area (Å²) in [6.07, 6.45) is 12.0. The third-order valence-electron chi connectivity index (χ3n) is 3.14. The lowest BCUT2D eigenvalue weighted by Crippen LogP contribution is -2.24. The molecule has 0 aromatic carbocycles. The van der Waals surface area contributed by atoms with E-state index in [-0.39, 0.29) is 13.0 Å². The molecule has 0 atom stereocenters. The minimum absolute atomic E-state index is 0.0697. The van der Waals surface area contributed by atoms with Crippen LogP contribution in [0.1, 0.15) is 71.1 Å². The summed E-state index contributed by atoms with van der Waals surface area (Å²) in [7, 11) is -3.48. The summed E-state index contributed by atoms with van der Waals surface area (Å²) in [5, 5.41) is 9.56. The van der Waals surface area contributed by atoms with Crippen molar-refractivity contribution in [1.82, 2.24) is 4.72 Å². The van der Waals surface area contributed by atoms with Crippen molar-refractivity contribution in [3.05, 3.63) is 11.5 Å². The van der Waals surface area contributed by atoms with Crippen LogP contribution in [-0.2, 0) is 14.8 Å². The van der Waals surface area contributed by atoms with E-state index < -0.39 is 16.0 Å². The first-order valence-electron chi connectivity index (χ1n) is 7.86. The molecule has 0 bridgehead atoms. The molecule has 2 N–H and O–H groups in total. The lowest BCUT2D eigenvalue weighted by Gasteiger charge is -2.01. The molecule has 0 aliphatic heterocycles. The molecule has 0 saturated heterocycles. The highest BCUT2D eigenvalue weighted by molar-refractivity contribution is 7.92. The Balaban J connectivity index is 3.55. The predicted octanol–water partition coefficient (Wildman–Crippen LogP) is 3.43.